The summed E-state index contributed by atoms with van der Waals surface area (Å²) in [5.41, 5.74) is 1.04. The Morgan fingerprint density at radius 1 is 1.33 bits per heavy atom. The van der Waals surface area contributed by atoms with E-state index in [1.807, 2.05) is 24.3 Å². The molecule has 5 nitrogen and oxygen atoms in total. The van der Waals surface area contributed by atoms with Crippen LogP contribution >= 0.6 is 15.9 Å². The van der Waals surface area contributed by atoms with Gasteiger partial charge in [0.15, 0.2) is 0 Å². The number of carboxylic acid groups (broad SMARTS) is 1. The van der Waals surface area contributed by atoms with E-state index in [1.165, 1.54) is 0 Å². The summed E-state index contributed by atoms with van der Waals surface area (Å²) >= 11 is 3.40. The molecule has 2 rings (SSSR count). The van der Waals surface area contributed by atoms with Gasteiger partial charge in [0.05, 0.1) is 0 Å². The lowest BCUT2D eigenvalue weighted by Crippen LogP contribution is -2.44. The zero-order chi connectivity index (χ0) is 15.2. The van der Waals surface area contributed by atoms with E-state index < -0.39 is 5.97 Å². The smallest absolute Gasteiger partial charge is 0.317 e. The van der Waals surface area contributed by atoms with Gasteiger partial charge in [-0.25, -0.2) is 4.79 Å². The fourth-order valence-corrected chi connectivity index (χ4v) is 2.97. The molecule has 0 aromatic heterocycles. The highest BCUT2D eigenvalue weighted by Crippen LogP contribution is 2.20. The molecule has 21 heavy (non-hydrogen) atoms. The number of benzene rings is 1. The normalized spacial score (nSPS) is 15.8. The van der Waals surface area contributed by atoms with E-state index >= 15 is 0 Å². The largest absolute Gasteiger partial charge is 0.481 e. The van der Waals surface area contributed by atoms with Gasteiger partial charge in [-0.05, 0) is 36.5 Å². The van der Waals surface area contributed by atoms with E-state index in [-0.39, 0.29) is 18.4 Å². The second kappa shape index (κ2) is 7.45. The predicted octanol–water partition coefficient (Wildman–Crippen LogP) is 2.85. The summed E-state index contributed by atoms with van der Waals surface area (Å²) in [5, 5.41) is 11.7. The average molecular weight is 355 g/mol. The van der Waals surface area contributed by atoms with Crippen LogP contribution in [0.2, 0.25) is 0 Å². The topological polar surface area (TPSA) is 69.6 Å². The first-order valence-electron chi connectivity index (χ1n) is 7.03. The summed E-state index contributed by atoms with van der Waals surface area (Å²) in [4.78, 5) is 24.5. The summed E-state index contributed by atoms with van der Waals surface area (Å²) < 4.78 is 0.990. The van der Waals surface area contributed by atoms with Gasteiger partial charge < -0.3 is 15.3 Å². The number of urea groups is 1. The van der Waals surface area contributed by atoms with E-state index in [4.69, 9.17) is 5.11 Å². The van der Waals surface area contributed by atoms with Gasteiger partial charge in [-0.2, -0.15) is 0 Å². The van der Waals surface area contributed by atoms with Crippen LogP contribution in [0.1, 0.15) is 24.8 Å². The van der Waals surface area contributed by atoms with Crippen molar-refractivity contribution < 1.29 is 14.7 Å². The molecular formula is C15H19BrN2O3. The van der Waals surface area contributed by atoms with Gasteiger partial charge in [-0.1, -0.05) is 28.1 Å². The molecule has 0 radical (unpaired) electrons. The Kier molecular flexibility index (Phi) is 5.61. The lowest BCUT2D eigenvalue weighted by atomic mass is 9.94. The predicted molar refractivity (Wildman–Crippen MR) is 82.9 cm³/mol. The van der Waals surface area contributed by atoms with Gasteiger partial charge in [-0.3, -0.25) is 4.79 Å². The Hall–Kier alpha value is -1.56. The number of aliphatic carboxylic acids is 1. The zero-order valence-electron chi connectivity index (χ0n) is 11.7. The minimum Gasteiger partial charge on any atom is -0.481 e. The molecule has 2 amide bonds. The maximum Gasteiger partial charge on any atom is 0.317 e. The standard InChI is InChI=1S/C15H19BrN2O3/c16-13-3-1-2-12(8-13)10-17-15(21)18-6-4-11(5-7-18)9-14(19)20/h1-3,8,11H,4-7,9-10H2,(H,17,21)(H,19,20). The van der Waals surface area contributed by atoms with E-state index in [1.54, 1.807) is 4.90 Å². The van der Waals surface area contributed by atoms with Crippen LogP contribution in [0, 0.1) is 5.92 Å². The molecule has 0 unspecified atom stereocenters. The Morgan fingerprint density at radius 3 is 2.67 bits per heavy atom. The summed E-state index contributed by atoms with van der Waals surface area (Å²) in [5.74, 6) is -0.566. The molecule has 2 N–H and O–H groups in total. The quantitative estimate of drug-likeness (QED) is 0.873. The van der Waals surface area contributed by atoms with Gasteiger partial charge in [0.2, 0.25) is 0 Å². The van der Waals surface area contributed by atoms with Crippen molar-refractivity contribution in [2.45, 2.75) is 25.8 Å². The summed E-state index contributed by atoms with van der Waals surface area (Å²) in [6, 6.07) is 7.73. The van der Waals surface area contributed by atoms with E-state index in [9.17, 15) is 9.59 Å². The summed E-state index contributed by atoms with van der Waals surface area (Å²) in [7, 11) is 0. The van der Waals surface area contributed by atoms with E-state index in [2.05, 4.69) is 21.2 Å². The first-order chi connectivity index (χ1) is 10.0. The number of nitrogens with one attached hydrogen (secondary N) is 1. The van der Waals surface area contributed by atoms with Crippen molar-refractivity contribution in [3.63, 3.8) is 0 Å². The number of halogens is 1. The molecule has 0 spiro atoms. The maximum absolute atomic E-state index is 12.1. The number of hydrogen-bond acceptors (Lipinski definition) is 2. The maximum atomic E-state index is 12.1. The Morgan fingerprint density at radius 2 is 2.05 bits per heavy atom. The van der Waals surface area contributed by atoms with Crippen molar-refractivity contribution in [3.05, 3.63) is 34.3 Å². The van der Waals surface area contributed by atoms with Gasteiger partial charge >= 0.3 is 12.0 Å². The molecule has 0 atom stereocenters. The molecule has 0 saturated carbocycles. The third-order valence-electron chi connectivity index (χ3n) is 3.70. The second-order valence-electron chi connectivity index (χ2n) is 5.32. The van der Waals surface area contributed by atoms with Gasteiger partial charge in [0.1, 0.15) is 0 Å². The highest BCUT2D eigenvalue weighted by atomic mass is 79.9. The van der Waals surface area contributed by atoms with Gasteiger partial charge in [-0.15, -0.1) is 0 Å². The van der Waals surface area contributed by atoms with Crippen molar-refractivity contribution in [2.24, 2.45) is 5.92 Å². The fraction of sp³-hybridized carbons (Fsp3) is 0.467. The molecular weight excluding hydrogens is 336 g/mol. The Balaban J connectivity index is 1.76. The van der Waals surface area contributed by atoms with Crippen molar-refractivity contribution in [1.29, 1.82) is 0 Å². The van der Waals surface area contributed by atoms with Crippen LogP contribution in [0.15, 0.2) is 28.7 Å². The average Bonchev–Trinajstić information content (AvgIpc) is 2.45. The van der Waals surface area contributed by atoms with Crippen LogP contribution in [0.3, 0.4) is 0 Å². The molecule has 6 heteroatoms. The number of likely N-dealkylation sites (tertiary alicyclic amines) is 1. The van der Waals surface area contributed by atoms with E-state index in [0.717, 1.165) is 22.9 Å². The number of carbonyl (C=O) groups is 2. The number of amides is 2. The van der Waals surface area contributed by atoms with Crippen molar-refractivity contribution in [1.82, 2.24) is 10.2 Å². The highest BCUT2D eigenvalue weighted by Gasteiger charge is 2.23. The van der Waals surface area contributed by atoms with Gasteiger partial charge in [0.25, 0.3) is 0 Å². The molecule has 1 fully saturated rings. The number of nitrogens with zero attached hydrogens (tertiary/aromatic N) is 1. The lowest BCUT2D eigenvalue weighted by Gasteiger charge is -2.31. The zero-order valence-corrected chi connectivity index (χ0v) is 13.3. The fourth-order valence-electron chi connectivity index (χ4n) is 2.52. The van der Waals surface area contributed by atoms with Gasteiger partial charge in [0, 0.05) is 30.5 Å². The number of piperidine rings is 1. The first-order valence-corrected chi connectivity index (χ1v) is 7.83. The molecule has 1 aliphatic heterocycles. The Bertz CT molecular complexity index is 513. The second-order valence-corrected chi connectivity index (χ2v) is 6.23. The monoisotopic (exact) mass is 354 g/mol. The lowest BCUT2D eigenvalue weighted by molar-refractivity contribution is -0.138. The minimum atomic E-state index is -0.757. The summed E-state index contributed by atoms with van der Waals surface area (Å²) in [6.07, 6.45) is 1.72. The van der Waals surface area contributed by atoms with Crippen LogP contribution < -0.4 is 5.32 Å². The van der Waals surface area contributed by atoms with E-state index in [0.29, 0.717) is 19.6 Å². The first kappa shape index (κ1) is 15.8. The van der Waals surface area contributed by atoms with Crippen LogP contribution in [0.4, 0.5) is 4.79 Å². The number of carboxylic acids is 1. The van der Waals surface area contributed by atoms with Crippen LogP contribution in [-0.2, 0) is 11.3 Å². The number of rotatable bonds is 4. The van der Waals surface area contributed by atoms with Crippen LogP contribution in [0.25, 0.3) is 0 Å². The molecule has 114 valence electrons. The van der Waals surface area contributed by atoms with Crippen molar-refractivity contribution in [2.75, 3.05) is 13.1 Å². The molecule has 0 aliphatic carbocycles. The number of hydrogen-bond donors (Lipinski definition) is 2. The molecule has 1 aromatic carbocycles. The molecule has 1 heterocycles. The van der Waals surface area contributed by atoms with Crippen LogP contribution in [0.5, 0.6) is 0 Å². The van der Waals surface area contributed by atoms with Crippen molar-refractivity contribution in [3.8, 4) is 0 Å². The highest BCUT2D eigenvalue weighted by molar-refractivity contribution is 9.10. The minimum absolute atomic E-state index is 0.0799. The molecule has 1 aromatic rings. The number of carbonyl (C=O) groups excluding carboxylic acids is 1. The third-order valence-corrected chi connectivity index (χ3v) is 4.19. The molecule has 0 bridgehead atoms. The van der Waals surface area contributed by atoms with Crippen molar-refractivity contribution >= 4 is 27.9 Å². The third kappa shape index (κ3) is 5.04. The SMILES string of the molecule is O=C(O)CC1CCN(C(=O)NCc2cccc(Br)c2)CC1. The summed E-state index contributed by atoms with van der Waals surface area (Å²) in [6.45, 7) is 1.75. The molecule has 1 saturated heterocycles. The molecule has 1 aliphatic rings. The Labute approximate surface area is 132 Å². The van der Waals surface area contributed by atoms with Crippen LogP contribution in [-0.4, -0.2) is 35.1 Å².